The SMILES string of the molecule is COc1cc([C@@H](C)N[C@H]2CCC(c3ccc(C(=O)NCCO)cc3)C2)ccc1F. The molecule has 0 radical (unpaired) electrons. The van der Waals surface area contributed by atoms with Gasteiger partial charge >= 0.3 is 0 Å². The lowest BCUT2D eigenvalue weighted by atomic mass is 9.96. The Bertz CT molecular complexity index is 825. The smallest absolute Gasteiger partial charge is 0.251 e. The fourth-order valence-corrected chi connectivity index (χ4v) is 4.01. The second kappa shape index (κ2) is 9.85. The van der Waals surface area contributed by atoms with Gasteiger partial charge in [0.25, 0.3) is 5.91 Å². The van der Waals surface area contributed by atoms with Crippen LogP contribution in [0.1, 0.15) is 59.6 Å². The highest BCUT2D eigenvalue weighted by atomic mass is 19.1. The van der Waals surface area contributed by atoms with Crippen molar-refractivity contribution in [3.63, 3.8) is 0 Å². The van der Waals surface area contributed by atoms with Crippen molar-refractivity contribution in [1.29, 1.82) is 0 Å². The van der Waals surface area contributed by atoms with Gasteiger partial charge in [-0.15, -0.1) is 0 Å². The summed E-state index contributed by atoms with van der Waals surface area (Å²) in [5, 5.41) is 15.1. The third kappa shape index (κ3) is 5.34. The van der Waals surface area contributed by atoms with E-state index in [0.717, 1.165) is 24.8 Å². The lowest BCUT2D eigenvalue weighted by molar-refractivity contribution is 0.0944. The number of amides is 1. The summed E-state index contributed by atoms with van der Waals surface area (Å²) in [6.45, 7) is 2.28. The van der Waals surface area contributed by atoms with E-state index in [1.807, 2.05) is 24.3 Å². The first-order chi connectivity index (χ1) is 14.0. The second-order valence-electron chi connectivity index (χ2n) is 7.59. The monoisotopic (exact) mass is 400 g/mol. The van der Waals surface area contributed by atoms with Gasteiger partial charge in [0.1, 0.15) is 0 Å². The molecule has 5 nitrogen and oxygen atoms in total. The summed E-state index contributed by atoms with van der Waals surface area (Å²) in [7, 11) is 1.48. The molecule has 0 saturated heterocycles. The van der Waals surface area contributed by atoms with Gasteiger partial charge in [-0.05, 0) is 67.5 Å². The van der Waals surface area contributed by atoms with Crippen molar-refractivity contribution >= 4 is 5.91 Å². The van der Waals surface area contributed by atoms with E-state index in [0.29, 0.717) is 17.5 Å². The lowest BCUT2D eigenvalue weighted by Crippen LogP contribution is -2.29. The van der Waals surface area contributed by atoms with E-state index < -0.39 is 0 Å². The first-order valence-electron chi connectivity index (χ1n) is 10.1. The molecular weight excluding hydrogens is 371 g/mol. The van der Waals surface area contributed by atoms with E-state index in [4.69, 9.17) is 9.84 Å². The maximum Gasteiger partial charge on any atom is 0.251 e. The van der Waals surface area contributed by atoms with E-state index in [2.05, 4.69) is 17.6 Å². The zero-order chi connectivity index (χ0) is 20.8. The van der Waals surface area contributed by atoms with Crippen LogP contribution in [0, 0.1) is 5.82 Å². The third-order valence-electron chi connectivity index (χ3n) is 5.64. The molecule has 0 aliphatic heterocycles. The first-order valence-corrected chi connectivity index (χ1v) is 10.1. The molecule has 3 atom stereocenters. The van der Waals surface area contributed by atoms with Gasteiger partial charge in [0.2, 0.25) is 0 Å². The van der Waals surface area contributed by atoms with Gasteiger partial charge in [-0.3, -0.25) is 4.79 Å². The van der Waals surface area contributed by atoms with Gasteiger partial charge in [-0.25, -0.2) is 4.39 Å². The molecule has 1 amide bonds. The molecule has 29 heavy (non-hydrogen) atoms. The van der Waals surface area contributed by atoms with E-state index in [-0.39, 0.29) is 36.7 Å². The van der Waals surface area contributed by atoms with Crippen LogP contribution in [-0.2, 0) is 0 Å². The Morgan fingerprint density at radius 3 is 2.69 bits per heavy atom. The van der Waals surface area contributed by atoms with Crippen molar-refractivity contribution in [3.05, 3.63) is 65.0 Å². The number of methoxy groups -OCH3 is 1. The molecule has 1 fully saturated rings. The van der Waals surface area contributed by atoms with Crippen LogP contribution in [0.2, 0.25) is 0 Å². The zero-order valence-electron chi connectivity index (χ0n) is 17.0. The van der Waals surface area contributed by atoms with Gasteiger partial charge in [0.15, 0.2) is 11.6 Å². The van der Waals surface area contributed by atoms with Crippen molar-refractivity contribution < 1.29 is 19.0 Å². The van der Waals surface area contributed by atoms with Gasteiger partial charge < -0.3 is 20.5 Å². The van der Waals surface area contributed by atoms with Gasteiger partial charge in [-0.2, -0.15) is 0 Å². The van der Waals surface area contributed by atoms with Gasteiger partial charge in [0, 0.05) is 24.2 Å². The quantitative estimate of drug-likeness (QED) is 0.634. The predicted octanol–water partition coefficient (Wildman–Crippen LogP) is 3.54. The topological polar surface area (TPSA) is 70.6 Å². The number of carbonyl (C=O) groups excluding carboxylic acids is 1. The Morgan fingerprint density at radius 2 is 2.00 bits per heavy atom. The van der Waals surface area contributed by atoms with Gasteiger partial charge in [0.05, 0.1) is 13.7 Å². The number of aliphatic hydroxyl groups is 1. The summed E-state index contributed by atoms with van der Waals surface area (Å²) < 4.78 is 18.7. The van der Waals surface area contributed by atoms with E-state index in [1.54, 1.807) is 12.1 Å². The highest BCUT2D eigenvalue weighted by Crippen LogP contribution is 2.35. The maximum atomic E-state index is 13.6. The summed E-state index contributed by atoms with van der Waals surface area (Å²) >= 11 is 0. The zero-order valence-corrected chi connectivity index (χ0v) is 17.0. The van der Waals surface area contributed by atoms with Crippen LogP contribution in [0.4, 0.5) is 4.39 Å². The maximum absolute atomic E-state index is 13.6. The fraction of sp³-hybridized carbons (Fsp3) is 0.435. The molecule has 2 aromatic carbocycles. The number of ether oxygens (including phenoxy) is 1. The number of hydrogen-bond donors (Lipinski definition) is 3. The summed E-state index contributed by atoms with van der Waals surface area (Å²) in [6.07, 6.45) is 3.19. The molecule has 6 heteroatoms. The number of carbonyl (C=O) groups is 1. The van der Waals surface area contributed by atoms with E-state index in [1.165, 1.54) is 18.7 Å². The molecule has 1 aliphatic carbocycles. The summed E-state index contributed by atoms with van der Waals surface area (Å²) in [5.74, 6) is 0.207. The molecule has 1 aliphatic rings. The van der Waals surface area contributed by atoms with Crippen molar-refractivity contribution in [1.82, 2.24) is 10.6 Å². The highest BCUT2D eigenvalue weighted by molar-refractivity contribution is 5.94. The van der Waals surface area contributed by atoms with Crippen molar-refractivity contribution in [2.75, 3.05) is 20.3 Å². The third-order valence-corrected chi connectivity index (χ3v) is 5.64. The van der Waals surface area contributed by atoms with Crippen molar-refractivity contribution in [2.24, 2.45) is 0 Å². The average Bonchev–Trinajstić information content (AvgIpc) is 3.20. The number of nitrogens with one attached hydrogen (secondary N) is 2. The van der Waals surface area contributed by atoms with Crippen molar-refractivity contribution in [2.45, 2.75) is 44.2 Å². The Labute approximate surface area is 171 Å². The normalized spacial score (nSPS) is 19.7. The van der Waals surface area contributed by atoms with Gasteiger partial charge in [-0.1, -0.05) is 18.2 Å². The van der Waals surface area contributed by atoms with E-state index in [9.17, 15) is 9.18 Å². The fourth-order valence-electron chi connectivity index (χ4n) is 4.01. The predicted molar refractivity (Wildman–Crippen MR) is 111 cm³/mol. The summed E-state index contributed by atoms with van der Waals surface area (Å²) in [5.41, 5.74) is 2.85. The Hall–Kier alpha value is -2.44. The minimum atomic E-state index is -0.349. The molecule has 3 N–H and O–H groups in total. The summed E-state index contributed by atoms with van der Waals surface area (Å²) in [4.78, 5) is 11.9. The molecule has 1 saturated carbocycles. The standard InChI is InChI=1S/C23H29FN2O3/c1-15(18-8-10-21(24)22(14-18)29-2)26-20-9-7-19(13-20)16-3-5-17(6-4-16)23(28)25-11-12-27/h3-6,8,10,14-15,19-20,26-27H,7,9,11-13H2,1-2H3,(H,25,28)/t15-,19?,20+/m1/s1. The number of rotatable bonds is 8. The van der Waals surface area contributed by atoms with Crippen LogP contribution >= 0.6 is 0 Å². The van der Waals surface area contributed by atoms with Crippen LogP contribution in [-0.4, -0.2) is 37.3 Å². The van der Waals surface area contributed by atoms with Crippen LogP contribution in [0.15, 0.2) is 42.5 Å². The molecule has 0 heterocycles. The molecule has 2 aromatic rings. The molecule has 1 unspecified atom stereocenters. The van der Waals surface area contributed by atoms with Crippen molar-refractivity contribution in [3.8, 4) is 5.75 Å². The van der Waals surface area contributed by atoms with Crippen LogP contribution < -0.4 is 15.4 Å². The number of aliphatic hydroxyl groups excluding tert-OH is 1. The minimum absolute atomic E-state index is 0.0661. The molecule has 156 valence electrons. The minimum Gasteiger partial charge on any atom is -0.494 e. The number of halogens is 1. The molecule has 0 bridgehead atoms. The molecule has 3 rings (SSSR count). The van der Waals surface area contributed by atoms with E-state index >= 15 is 0 Å². The molecule has 0 spiro atoms. The molecular formula is C23H29FN2O3. The lowest BCUT2D eigenvalue weighted by Gasteiger charge is -2.21. The average molecular weight is 400 g/mol. The largest absolute Gasteiger partial charge is 0.494 e. The van der Waals surface area contributed by atoms with Crippen LogP contribution in [0.3, 0.4) is 0 Å². The summed E-state index contributed by atoms with van der Waals surface area (Å²) in [6, 6.07) is 13.2. The number of hydrogen-bond acceptors (Lipinski definition) is 4. The Morgan fingerprint density at radius 1 is 1.24 bits per heavy atom. The Kier molecular flexibility index (Phi) is 7.23. The Balaban J connectivity index is 1.56. The highest BCUT2D eigenvalue weighted by Gasteiger charge is 2.27. The van der Waals surface area contributed by atoms with Crippen LogP contribution in [0.25, 0.3) is 0 Å². The first kappa shape index (κ1) is 21.3. The van der Waals surface area contributed by atoms with Crippen LogP contribution in [0.5, 0.6) is 5.75 Å². The molecule has 0 aromatic heterocycles. The number of benzene rings is 2. The second-order valence-corrected chi connectivity index (χ2v) is 7.59.